The van der Waals surface area contributed by atoms with E-state index in [9.17, 15) is 0 Å². The van der Waals surface area contributed by atoms with Gasteiger partial charge in [-0.1, -0.05) is 0 Å². The normalized spacial score (nSPS) is 12.9. The molecule has 6 heteroatoms. The van der Waals surface area contributed by atoms with E-state index in [4.69, 9.17) is 5.73 Å². The summed E-state index contributed by atoms with van der Waals surface area (Å²) < 4.78 is 1.86. The Morgan fingerprint density at radius 2 is 1.94 bits per heavy atom. The maximum absolute atomic E-state index is 6.05. The molecule has 0 aliphatic rings. The van der Waals surface area contributed by atoms with Crippen LogP contribution in [-0.2, 0) is 6.42 Å². The molecular formula is C11H16N6. The lowest BCUT2D eigenvalue weighted by molar-refractivity contribution is 0.489. The summed E-state index contributed by atoms with van der Waals surface area (Å²) in [5.74, 6) is 1.49. The summed E-state index contributed by atoms with van der Waals surface area (Å²) in [7, 11) is 0. The minimum Gasteiger partial charge on any atom is -0.321 e. The number of aromatic nitrogens is 5. The van der Waals surface area contributed by atoms with Gasteiger partial charge < -0.3 is 5.73 Å². The van der Waals surface area contributed by atoms with Gasteiger partial charge in [0.25, 0.3) is 0 Å². The first-order valence-electron chi connectivity index (χ1n) is 5.59. The zero-order valence-electron chi connectivity index (χ0n) is 9.98. The molecule has 0 fully saturated rings. The van der Waals surface area contributed by atoms with Gasteiger partial charge in [-0.25, -0.2) is 19.6 Å². The largest absolute Gasteiger partial charge is 0.321 e. The van der Waals surface area contributed by atoms with Crippen molar-refractivity contribution in [2.75, 3.05) is 0 Å². The van der Waals surface area contributed by atoms with Crippen LogP contribution in [0.4, 0.5) is 0 Å². The summed E-state index contributed by atoms with van der Waals surface area (Å²) in [5.41, 5.74) is 6.05. The number of rotatable bonds is 4. The molecule has 0 aromatic carbocycles. The number of nitrogens with zero attached hydrogens (tertiary/aromatic N) is 5. The van der Waals surface area contributed by atoms with Gasteiger partial charge in [0.1, 0.15) is 18.0 Å². The highest BCUT2D eigenvalue weighted by atomic mass is 15.3. The molecular weight excluding hydrogens is 216 g/mol. The van der Waals surface area contributed by atoms with Crippen molar-refractivity contribution in [3.8, 4) is 0 Å². The molecule has 0 aliphatic heterocycles. The van der Waals surface area contributed by atoms with Gasteiger partial charge in [-0.05, 0) is 19.9 Å². The van der Waals surface area contributed by atoms with Crippen LogP contribution in [0.2, 0.25) is 0 Å². The highest BCUT2D eigenvalue weighted by molar-refractivity contribution is 5.00. The minimum atomic E-state index is -0.252. The fourth-order valence-corrected chi connectivity index (χ4v) is 1.64. The monoisotopic (exact) mass is 232 g/mol. The van der Waals surface area contributed by atoms with Crippen LogP contribution < -0.4 is 5.73 Å². The van der Waals surface area contributed by atoms with Gasteiger partial charge >= 0.3 is 0 Å². The van der Waals surface area contributed by atoms with Gasteiger partial charge in [0.2, 0.25) is 0 Å². The van der Waals surface area contributed by atoms with Crippen molar-refractivity contribution >= 4 is 0 Å². The van der Waals surface area contributed by atoms with Crippen molar-refractivity contribution in [1.82, 2.24) is 24.7 Å². The summed E-state index contributed by atoms with van der Waals surface area (Å²) in [6.07, 6.45) is 5.51. The first kappa shape index (κ1) is 11.7. The second-order valence-electron chi connectivity index (χ2n) is 4.13. The van der Waals surface area contributed by atoms with E-state index in [2.05, 4.69) is 33.9 Å². The van der Waals surface area contributed by atoms with Gasteiger partial charge in [0.05, 0.1) is 6.04 Å². The first-order chi connectivity index (χ1) is 8.18. The highest BCUT2D eigenvalue weighted by Crippen LogP contribution is 2.12. The molecule has 90 valence electrons. The quantitative estimate of drug-likeness (QED) is 0.846. The Labute approximate surface area is 99.9 Å². The third kappa shape index (κ3) is 2.65. The number of nitrogens with two attached hydrogens (primary N) is 1. The van der Waals surface area contributed by atoms with Gasteiger partial charge in [-0.3, -0.25) is 0 Å². The first-order valence-corrected chi connectivity index (χ1v) is 5.59. The number of hydrogen-bond donors (Lipinski definition) is 1. The third-order valence-corrected chi connectivity index (χ3v) is 2.46. The second-order valence-corrected chi connectivity index (χ2v) is 4.13. The molecule has 0 bridgehead atoms. The van der Waals surface area contributed by atoms with Crippen LogP contribution in [0.5, 0.6) is 0 Å². The Balaban J connectivity index is 2.13. The van der Waals surface area contributed by atoms with Crippen LogP contribution in [0.15, 0.2) is 24.8 Å². The topological polar surface area (TPSA) is 82.5 Å². The van der Waals surface area contributed by atoms with Crippen molar-refractivity contribution in [3.05, 3.63) is 36.4 Å². The van der Waals surface area contributed by atoms with Gasteiger partial charge in [0, 0.05) is 24.9 Å². The van der Waals surface area contributed by atoms with Crippen LogP contribution in [0, 0.1) is 0 Å². The molecule has 0 spiro atoms. The van der Waals surface area contributed by atoms with Crippen molar-refractivity contribution in [3.63, 3.8) is 0 Å². The Hall–Kier alpha value is -1.82. The van der Waals surface area contributed by atoms with E-state index >= 15 is 0 Å². The van der Waals surface area contributed by atoms with E-state index in [1.54, 1.807) is 24.8 Å². The van der Waals surface area contributed by atoms with E-state index in [1.165, 1.54) is 0 Å². The van der Waals surface area contributed by atoms with Crippen LogP contribution >= 0.6 is 0 Å². The molecule has 0 saturated carbocycles. The Morgan fingerprint density at radius 1 is 1.24 bits per heavy atom. The van der Waals surface area contributed by atoms with Crippen molar-refractivity contribution in [1.29, 1.82) is 0 Å². The van der Waals surface area contributed by atoms with Crippen LogP contribution in [0.3, 0.4) is 0 Å². The van der Waals surface area contributed by atoms with Crippen molar-refractivity contribution < 1.29 is 0 Å². The Bertz CT molecular complexity index is 464. The zero-order chi connectivity index (χ0) is 12.3. The molecule has 6 nitrogen and oxygen atoms in total. The third-order valence-electron chi connectivity index (χ3n) is 2.46. The smallest absolute Gasteiger partial charge is 0.145 e. The lowest BCUT2D eigenvalue weighted by atomic mass is 10.2. The van der Waals surface area contributed by atoms with E-state index in [0.717, 1.165) is 5.82 Å². The van der Waals surface area contributed by atoms with E-state index in [0.29, 0.717) is 12.2 Å². The van der Waals surface area contributed by atoms with Crippen molar-refractivity contribution in [2.45, 2.75) is 32.4 Å². The Morgan fingerprint density at radius 3 is 2.59 bits per heavy atom. The van der Waals surface area contributed by atoms with Gasteiger partial charge in [-0.15, -0.1) is 0 Å². The van der Waals surface area contributed by atoms with E-state index in [1.807, 2.05) is 4.68 Å². The fourth-order valence-electron chi connectivity index (χ4n) is 1.64. The molecule has 2 rings (SSSR count). The Kier molecular flexibility index (Phi) is 3.43. The summed E-state index contributed by atoms with van der Waals surface area (Å²) in [5, 5.41) is 4.17. The zero-order valence-corrected chi connectivity index (χ0v) is 9.98. The molecule has 2 heterocycles. The molecule has 0 radical (unpaired) electrons. The molecule has 1 unspecified atom stereocenters. The molecule has 2 N–H and O–H groups in total. The van der Waals surface area contributed by atoms with Gasteiger partial charge in [-0.2, -0.15) is 5.10 Å². The van der Waals surface area contributed by atoms with Crippen LogP contribution in [0.1, 0.15) is 37.6 Å². The molecule has 0 amide bonds. The molecule has 2 aromatic rings. The minimum absolute atomic E-state index is 0.252. The number of hydrogen-bond acceptors (Lipinski definition) is 5. The molecule has 0 saturated heterocycles. The summed E-state index contributed by atoms with van der Waals surface area (Å²) in [6.45, 7) is 4.12. The summed E-state index contributed by atoms with van der Waals surface area (Å²) >= 11 is 0. The van der Waals surface area contributed by atoms with Crippen LogP contribution in [0.25, 0.3) is 0 Å². The summed E-state index contributed by atoms with van der Waals surface area (Å²) in [6, 6.07) is 1.79. The summed E-state index contributed by atoms with van der Waals surface area (Å²) in [4.78, 5) is 12.5. The standard InChI is InChI=1S/C11H16N6/c1-8(2)17-10(15-7-16-17)6-9(12)11-13-4-3-5-14-11/h3-5,7-9H,6,12H2,1-2H3. The van der Waals surface area contributed by atoms with Crippen molar-refractivity contribution in [2.24, 2.45) is 5.73 Å². The second kappa shape index (κ2) is 5.01. The lowest BCUT2D eigenvalue weighted by Gasteiger charge is -2.12. The lowest BCUT2D eigenvalue weighted by Crippen LogP contribution is -2.19. The van der Waals surface area contributed by atoms with Gasteiger partial charge in [0.15, 0.2) is 0 Å². The molecule has 2 aromatic heterocycles. The van der Waals surface area contributed by atoms with Crippen LogP contribution in [-0.4, -0.2) is 24.7 Å². The average Bonchev–Trinajstić information content (AvgIpc) is 2.78. The fraction of sp³-hybridized carbons (Fsp3) is 0.455. The molecule has 17 heavy (non-hydrogen) atoms. The molecule has 0 aliphatic carbocycles. The maximum atomic E-state index is 6.05. The predicted molar refractivity (Wildman–Crippen MR) is 63.1 cm³/mol. The SMILES string of the molecule is CC(C)n1ncnc1CC(N)c1ncccn1. The van der Waals surface area contributed by atoms with E-state index < -0.39 is 0 Å². The van der Waals surface area contributed by atoms with E-state index in [-0.39, 0.29) is 12.1 Å². The highest BCUT2D eigenvalue weighted by Gasteiger charge is 2.15. The molecule has 1 atom stereocenters. The predicted octanol–water partition coefficient (Wildman–Crippen LogP) is 0.891. The average molecular weight is 232 g/mol. The maximum Gasteiger partial charge on any atom is 0.145 e.